The molecule has 3 aromatic rings. The topological polar surface area (TPSA) is 59.5 Å². The van der Waals surface area contributed by atoms with Crippen molar-refractivity contribution in [3.8, 4) is 11.5 Å². The van der Waals surface area contributed by atoms with Crippen LogP contribution >= 0.6 is 0 Å². The van der Waals surface area contributed by atoms with E-state index >= 15 is 0 Å². The summed E-state index contributed by atoms with van der Waals surface area (Å²) in [5.41, 5.74) is 2.08. The van der Waals surface area contributed by atoms with Gasteiger partial charge in [-0.25, -0.2) is 9.97 Å². The summed E-state index contributed by atoms with van der Waals surface area (Å²) in [5.74, 6) is 2.89. The number of methoxy groups -OCH3 is 2. The van der Waals surface area contributed by atoms with Crippen LogP contribution in [0.15, 0.2) is 60.9 Å². The molecule has 0 amide bonds. The van der Waals surface area contributed by atoms with Crippen LogP contribution in [0.4, 0.5) is 17.3 Å². The standard InChI is InChI=1S/C20H22N4O2/c1-24(13-15-7-5-4-6-8-15)20-12-19(21-14-22-20)23-16-9-10-17(25-2)18(11-16)26-3/h4-12,14H,13H2,1-3H3,(H,21,22,23). The summed E-state index contributed by atoms with van der Waals surface area (Å²) in [5, 5.41) is 3.28. The zero-order valence-corrected chi connectivity index (χ0v) is 15.1. The molecule has 0 fully saturated rings. The molecule has 0 aliphatic rings. The highest BCUT2D eigenvalue weighted by Gasteiger charge is 2.08. The number of benzene rings is 2. The normalized spacial score (nSPS) is 10.3. The molecule has 0 spiro atoms. The van der Waals surface area contributed by atoms with Gasteiger partial charge in [0.15, 0.2) is 11.5 Å². The fraction of sp³-hybridized carbons (Fsp3) is 0.200. The lowest BCUT2D eigenvalue weighted by atomic mass is 10.2. The van der Waals surface area contributed by atoms with Gasteiger partial charge in [-0.15, -0.1) is 0 Å². The number of nitrogens with one attached hydrogen (secondary N) is 1. The van der Waals surface area contributed by atoms with E-state index in [0.29, 0.717) is 17.3 Å². The molecule has 1 heterocycles. The van der Waals surface area contributed by atoms with Crippen LogP contribution in [0.25, 0.3) is 0 Å². The lowest BCUT2D eigenvalue weighted by molar-refractivity contribution is 0.355. The number of aromatic nitrogens is 2. The van der Waals surface area contributed by atoms with Crippen molar-refractivity contribution >= 4 is 17.3 Å². The number of hydrogen-bond acceptors (Lipinski definition) is 6. The smallest absolute Gasteiger partial charge is 0.162 e. The van der Waals surface area contributed by atoms with Crippen LogP contribution in [0.3, 0.4) is 0 Å². The zero-order chi connectivity index (χ0) is 18.4. The van der Waals surface area contributed by atoms with Gasteiger partial charge in [0, 0.05) is 31.4 Å². The van der Waals surface area contributed by atoms with Crippen LogP contribution < -0.4 is 19.7 Å². The van der Waals surface area contributed by atoms with E-state index < -0.39 is 0 Å². The highest BCUT2D eigenvalue weighted by atomic mass is 16.5. The molecule has 1 aromatic heterocycles. The van der Waals surface area contributed by atoms with E-state index in [2.05, 4.69) is 32.3 Å². The van der Waals surface area contributed by atoms with Gasteiger partial charge in [-0.05, 0) is 17.7 Å². The summed E-state index contributed by atoms with van der Waals surface area (Å²) >= 11 is 0. The highest BCUT2D eigenvalue weighted by molar-refractivity contribution is 5.63. The second kappa shape index (κ2) is 8.20. The van der Waals surface area contributed by atoms with Gasteiger partial charge in [-0.3, -0.25) is 0 Å². The number of hydrogen-bond donors (Lipinski definition) is 1. The fourth-order valence-electron chi connectivity index (χ4n) is 2.62. The SMILES string of the molecule is COc1ccc(Nc2cc(N(C)Cc3ccccc3)ncn2)cc1OC. The Balaban J connectivity index is 1.75. The van der Waals surface area contributed by atoms with Gasteiger partial charge in [0.25, 0.3) is 0 Å². The molecule has 0 bridgehead atoms. The predicted octanol–water partition coefficient (Wildman–Crippen LogP) is 3.87. The maximum Gasteiger partial charge on any atom is 0.162 e. The molecule has 6 heteroatoms. The number of nitrogens with zero attached hydrogens (tertiary/aromatic N) is 3. The van der Waals surface area contributed by atoms with Crippen molar-refractivity contribution in [1.29, 1.82) is 0 Å². The zero-order valence-electron chi connectivity index (χ0n) is 15.1. The van der Waals surface area contributed by atoms with E-state index in [1.165, 1.54) is 5.56 Å². The van der Waals surface area contributed by atoms with Crippen molar-refractivity contribution in [2.24, 2.45) is 0 Å². The van der Waals surface area contributed by atoms with Gasteiger partial charge in [0.05, 0.1) is 14.2 Å². The van der Waals surface area contributed by atoms with Crippen LogP contribution in [0.1, 0.15) is 5.56 Å². The van der Waals surface area contributed by atoms with E-state index in [9.17, 15) is 0 Å². The molecule has 0 aliphatic heterocycles. The van der Waals surface area contributed by atoms with E-state index in [4.69, 9.17) is 9.47 Å². The molecule has 134 valence electrons. The number of ether oxygens (including phenoxy) is 2. The quantitative estimate of drug-likeness (QED) is 0.698. The van der Waals surface area contributed by atoms with Gasteiger partial charge in [-0.2, -0.15) is 0 Å². The first-order chi connectivity index (χ1) is 12.7. The van der Waals surface area contributed by atoms with Crippen LogP contribution in [0.2, 0.25) is 0 Å². The first kappa shape index (κ1) is 17.5. The molecular formula is C20H22N4O2. The average molecular weight is 350 g/mol. The highest BCUT2D eigenvalue weighted by Crippen LogP contribution is 2.31. The minimum atomic E-state index is 0.660. The summed E-state index contributed by atoms with van der Waals surface area (Å²) in [6.45, 7) is 0.771. The summed E-state index contributed by atoms with van der Waals surface area (Å²) < 4.78 is 10.6. The maximum atomic E-state index is 5.34. The summed E-state index contributed by atoms with van der Waals surface area (Å²) in [6.07, 6.45) is 1.56. The third kappa shape index (κ3) is 4.22. The lowest BCUT2D eigenvalue weighted by Gasteiger charge is -2.19. The third-order valence-electron chi connectivity index (χ3n) is 3.96. The Labute approximate surface area is 153 Å². The molecule has 1 N–H and O–H groups in total. The Morgan fingerprint density at radius 2 is 1.69 bits per heavy atom. The van der Waals surface area contributed by atoms with Crippen molar-refractivity contribution < 1.29 is 9.47 Å². The molecular weight excluding hydrogens is 328 g/mol. The maximum absolute atomic E-state index is 5.34. The number of rotatable bonds is 7. The first-order valence-corrected chi connectivity index (χ1v) is 8.26. The Morgan fingerprint density at radius 3 is 2.42 bits per heavy atom. The van der Waals surface area contributed by atoms with Crippen molar-refractivity contribution in [3.05, 3.63) is 66.5 Å². The van der Waals surface area contributed by atoms with Crippen molar-refractivity contribution in [1.82, 2.24) is 9.97 Å². The van der Waals surface area contributed by atoms with Crippen LogP contribution in [0.5, 0.6) is 11.5 Å². The Bertz CT molecular complexity index is 855. The molecule has 0 unspecified atom stereocenters. The van der Waals surface area contributed by atoms with Gasteiger partial charge < -0.3 is 19.7 Å². The molecule has 0 atom stereocenters. The van der Waals surface area contributed by atoms with E-state index in [1.54, 1.807) is 20.5 Å². The fourth-order valence-corrected chi connectivity index (χ4v) is 2.62. The summed E-state index contributed by atoms with van der Waals surface area (Å²) in [4.78, 5) is 10.7. The monoisotopic (exact) mass is 350 g/mol. The van der Waals surface area contributed by atoms with Crippen molar-refractivity contribution in [2.45, 2.75) is 6.54 Å². The van der Waals surface area contributed by atoms with Gasteiger partial charge in [0.2, 0.25) is 0 Å². The second-order valence-electron chi connectivity index (χ2n) is 5.80. The Hall–Kier alpha value is -3.28. The second-order valence-corrected chi connectivity index (χ2v) is 5.80. The van der Waals surface area contributed by atoms with Gasteiger partial charge in [0.1, 0.15) is 18.0 Å². The molecule has 0 saturated carbocycles. The Morgan fingerprint density at radius 1 is 0.923 bits per heavy atom. The van der Waals surface area contributed by atoms with Crippen molar-refractivity contribution in [3.63, 3.8) is 0 Å². The summed E-state index contributed by atoms with van der Waals surface area (Å²) in [7, 11) is 5.24. The molecule has 0 radical (unpaired) electrons. The van der Waals surface area contributed by atoms with Gasteiger partial charge in [-0.1, -0.05) is 30.3 Å². The summed E-state index contributed by atoms with van der Waals surface area (Å²) in [6, 6.07) is 17.8. The molecule has 3 rings (SSSR count). The molecule has 26 heavy (non-hydrogen) atoms. The molecule has 0 saturated heterocycles. The van der Waals surface area contributed by atoms with Crippen LogP contribution in [-0.4, -0.2) is 31.2 Å². The molecule has 0 aliphatic carbocycles. The predicted molar refractivity (Wildman–Crippen MR) is 103 cm³/mol. The minimum Gasteiger partial charge on any atom is -0.493 e. The average Bonchev–Trinajstić information content (AvgIpc) is 2.69. The van der Waals surface area contributed by atoms with Crippen LogP contribution in [-0.2, 0) is 6.54 Å². The van der Waals surface area contributed by atoms with E-state index in [1.807, 2.05) is 49.5 Å². The third-order valence-corrected chi connectivity index (χ3v) is 3.96. The van der Waals surface area contributed by atoms with Crippen molar-refractivity contribution in [2.75, 3.05) is 31.5 Å². The lowest BCUT2D eigenvalue weighted by Crippen LogP contribution is -2.17. The van der Waals surface area contributed by atoms with E-state index in [0.717, 1.165) is 18.1 Å². The first-order valence-electron chi connectivity index (χ1n) is 8.26. The largest absolute Gasteiger partial charge is 0.493 e. The number of anilines is 3. The Kier molecular flexibility index (Phi) is 5.53. The molecule has 6 nitrogen and oxygen atoms in total. The molecule has 2 aromatic carbocycles. The van der Waals surface area contributed by atoms with Crippen LogP contribution in [0, 0.1) is 0 Å². The van der Waals surface area contributed by atoms with Gasteiger partial charge >= 0.3 is 0 Å². The minimum absolute atomic E-state index is 0.660. The van der Waals surface area contributed by atoms with E-state index in [-0.39, 0.29) is 0 Å².